The largest absolute Gasteiger partial charge is 0.481 e. The first kappa shape index (κ1) is 29.5. The third-order valence-electron chi connectivity index (χ3n) is 8.00. The summed E-state index contributed by atoms with van der Waals surface area (Å²) in [6.45, 7) is 8.61. The Balaban J connectivity index is 2.29. The Morgan fingerprint density at radius 3 is 2.34 bits per heavy atom. The van der Waals surface area contributed by atoms with Gasteiger partial charge < -0.3 is 25.8 Å². The number of aliphatic hydroxyl groups is 2. The van der Waals surface area contributed by atoms with Crippen molar-refractivity contribution in [1.29, 1.82) is 0 Å². The zero-order chi connectivity index (χ0) is 26.1. The first-order valence-electron chi connectivity index (χ1n) is 13.4. The third-order valence-corrected chi connectivity index (χ3v) is 8.00. The minimum absolute atomic E-state index is 0.0602. The van der Waals surface area contributed by atoms with Crippen LogP contribution in [0.1, 0.15) is 79.1 Å². The van der Waals surface area contributed by atoms with E-state index in [0.717, 1.165) is 31.3 Å². The molecule has 0 aromatic heterocycles. The Hall–Kier alpha value is -1.70. The fraction of sp³-hybridized carbons (Fsp3) is 0.786. The molecule has 7 nitrogen and oxygen atoms in total. The van der Waals surface area contributed by atoms with Gasteiger partial charge in [0.05, 0.1) is 24.5 Å². The predicted octanol–water partition coefficient (Wildman–Crippen LogP) is 4.07. The molecule has 0 aromatic rings. The fourth-order valence-electron chi connectivity index (χ4n) is 6.13. The second-order valence-corrected chi connectivity index (χ2v) is 11.3. The zero-order valence-corrected chi connectivity index (χ0v) is 21.9. The van der Waals surface area contributed by atoms with Crippen LogP contribution in [0.3, 0.4) is 0 Å². The van der Waals surface area contributed by atoms with Crippen molar-refractivity contribution < 1.29 is 29.6 Å². The molecule has 0 aromatic carbocycles. The molecule has 2 rings (SSSR count). The van der Waals surface area contributed by atoms with Gasteiger partial charge in [0, 0.05) is 18.9 Å². The summed E-state index contributed by atoms with van der Waals surface area (Å²) in [7, 11) is 0. The van der Waals surface area contributed by atoms with Gasteiger partial charge in [-0.3, -0.25) is 9.59 Å². The van der Waals surface area contributed by atoms with E-state index >= 15 is 0 Å². The van der Waals surface area contributed by atoms with Crippen LogP contribution in [0.4, 0.5) is 0 Å². The number of carboxylic acid groups (broad SMARTS) is 1. The van der Waals surface area contributed by atoms with Crippen LogP contribution in [0.5, 0.6) is 0 Å². The molecular formula is C28H47NO6. The maximum atomic E-state index is 12.8. The molecule has 1 fully saturated rings. The van der Waals surface area contributed by atoms with E-state index in [0.29, 0.717) is 31.1 Å². The summed E-state index contributed by atoms with van der Waals surface area (Å²) < 4.78 is 5.81. The highest BCUT2D eigenvalue weighted by Gasteiger charge is 2.39. The lowest BCUT2D eigenvalue weighted by Crippen LogP contribution is -2.34. The van der Waals surface area contributed by atoms with E-state index in [-0.39, 0.29) is 30.7 Å². The maximum Gasteiger partial charge on any atom is 0.308 e. The van der Waals surface area contributed by atoms with Crippen LogP contribution < -0.4 is 5.73 Å². The Bertz CT molecular complexity index is 750. The monoisotopic (exact) mass is 493 g/mol. The summed E-state index contributed by atoms with van der Waals surface area (Å²) in [5, 5.41) is 31.2. The molecule has 0 spiro atoms. The molecule has 1 saturated carbocycles. The van der Waals surface area contributed by atoms with Gasteiger partial charge in [-0.05, 0) is 61.3 Å². The summed E-state index contributed by atoms with van der Waals surface area (Å²) in [4.78, 5) is 24.5. The standard InChI is InChI=1S/C28H47NO6/c1-17-12-18(2)14-20(4)27(32)21(16-29)8-5-6-11-25(22-9-7-10-23(22)28(33)34)35-26(31)15-24(30)19(3)13-17/h5-6,8,17-20,22-25,27,30,32H,7,9-16,29H2,1-4H3,(H,33,34)/b6-5-,21-8-/t17-,18+,19-,20-,22+,23+,24-,25-,27+/m0/s1. The van der Waals surface area contributed by atoms with Gasteiger partial charge in [0.2, 0.25) is 0 Å². The van der Waals surface area contributed by atoms with E-state index in [9.17, 15) is 24.9 Å². The molecule has 200 valence electrons. The molecule has 2 aliphatic rings. The van der Waals surface area contributed by atoms with Gasteiger partial charge in [-0.15, -0.1) is 0 Å². The maximum absolute atomic E-state index is 12.8. The summed E-state index contributed by atoms with van der Waals surface area (Å²) in [5.41, 5.74) is 6.69. The highest BCUT2D eigenvalue weighted by Crippen LogP contribution is 2.37. The van der Waals surface area contributed by atoms with E-state index < -0.39 is 36.2 Å². The molecule has 1 aliphatic heterocycles. The predicted molar refractivity (Wildman–Crippen MR) is 136 cm³/mol. The van der Waals surface area contributed by atoms with Crippen LogP contribution in [0.25, 0.3) is 0 Å². The first-order valence-corrected chi connectivity index (χ1v) is 13.4. The molecule has 0 bridgehead atoms. The number of esters is 1. The van der Waals surface area contributed by atoms with Crippen LogP contribution in [0, 0.1) is 35.5 Å². The Labute approximate surface area is 210 Å². The molecule has 35 heavy (non-hydrogen) atoms. The Morgan fingerprint density at radius 1 is 1.06 bits per heavy atom. The normalized spacial score (nSPS) is 41.2. The van der Waals surface area contributed by atoms with Crippen molar-refractivity contribution in [2.75, 3.05) is 6.54 Å². The van der Waals surface area contributed by atoms with Crippen molar-refractivity contribution in [3.63, 3.8) is 0 Å². The summed E-state index contributed by atoms with van der Waals surface area (Å²) in [6, 6.07) is 0. The number of carbonyl (C=O) groups is 2. The molecule has 1 heterocycles. The quantitative estimate of drug-likeness (QED) is 0.436. The fourth-order valence-corrected chi connectivity index (χ4v) is 6.13. The number of rotatable bonds is 3. The molecular weight excluding hydrogens is 446 g/mol. The third kappa shape index (κ3) is 9.03. The molecule has 7 heteroatoms. The number of cyclic esters (lactones) is 1. The molecule has 0 saturated heterocycles. The van der Waals surface area contributed by atoms with Gasteiger partial charge in [0.15, 0.2) is 0 Å². The zero-order valence-electron chi connectivity index (χ0n) is 21.9. The second kappa shape index (κ2) is 14.1. The van der Waals surface area contributed by atoms with E-state index in [2.05, 4.69) is 13.8 Å². The highest BCUT2D eigenvalue weighted by atomic mass is 16.5. The SMILES string of the molecule is C[C@@H]1C[C@H](C)C[C@H](C)[C@@H](O)CC(=O)O[C@H]([C@@H]2CCC[C@H]2C(=O)O)C/C=C\C=C(\CN)[C@H](O)[C@@H](C)C1. The van der Waals surface area contributed by atoms with Crippen molar-refractivity contribution in [3.05, 3.63) is 23.8 Å². The lowest BCUT2D eigenvalue weighted by Gasteiger charge is -2.28. The number of allylic oxidation sites excluding steroid dienone is 2. The van der Waals surface area contributed by atoms with Crippen molar-refractivity contribution in [1.82, 2.24) is 0 Å². The number of hydrogen-bond acceptors (Lipinski definition) is 6. The van der Waals surface area contributed by atoms with E-state index in [1.807, 2.05) is 32.1 Å². The average molecular weight is 494 g/mol. The summed E-state index contributed by atoms with van der Waals surface area (Å²) >= 11 is 0. The lowest BCUT2D eigenvalue weighted by molar-refractivity contribution is -0.159. The molecule has 1 aliphatic carbocycles. The van der Waals surface area contributed by atoms with Gasteiger partial charge in [0.25, 0.3) is 0 Å². The Kier molecular flexibility index (Phi) is 11.9. The van der Waals surface area contributed by atoms with E-state index in [1.54, 1.807) is 0 Å². The molecule has 0 unspecified atom stereocenters. The summed E-state index contributed by atoms with van der Waals surface area (Å²) in [5.74, 6) is -1.36. The number of carbonyl (C=O) groups excluding carboxylic acids is 1. The number of nitrogens with two attached hydrogens (primary N) is 1. The Morgan fingerprint density at radius 2 is 1.71 bits per heavy atom. The second-order valence-electron chi connectivity index (χ2n) is 11.3. The van der Waals surface area contributed by atoms with Crippen LogP contribution in [0.2, 0.25) is 0 Å². The highest BCUT2D eigenvalue weighted by molar-refractivity contribution is 5.72. The number of ether oxygens (including phenoxy) is 1. The molecule has 9 atom stereocenters. The van der Waals surface area contributed by atoms with Gasteiger partial charge in [-0.1, -0.05) is 52.3 Å². The van der Waals surface area contributed by atoms with Gasteiger partial charge in [0.1, 0.15) is 6.10 Å². The van der Waals surface area contributed by atoms with Crippen molar-refractivity contribution in [2.45, 2.75) is 97.4 Å². The molecule has 0 amide bonds. The van der Waals surface area contributed by atoms with Gasteiger partial charge in [-0.25, -0.2) is 0 Å². The van der Waals surface area contributed by atoms with E-state index in [1.165, 1.54) is 0 Å². The minimum atomic E-state index is -0.855. The van der Waals surface area contributed by atoms with Crippen LogP contribution >= 0.6 is 0 Å². The number of carboxylic acids is 1. The number of hydrogen-bond donors (Lipinski definition) is 4. The lowest BCUT2D eigenvalue weighted by atomic mass is 9.82. The average Bonchev–Trinajstić information content (AvgIpc) is 3.27. The van der Waals surface area contributed by atoms with Gasteiger partial charge in [-0.2, -0.15) is 0 Å². The molecule has 0 radical (unpaired) electrons. The van der Waals surface area contributed by atoms with Crippen LogP contribution in [0.15, 0.2) is 23.8 Å². The first-order chi connectivity index (χ1) is 16.5. The van der Waals surface area contributed by atoms with Crippen LogP contribution in [-0.2, 0) is 14.3 Å². The minimum Gasteiger partial charge on any atom is -0.481 e. The number of aliphatic hydroxyl groups excluding tert-OH is 2. The topological polar surface area (TPSA) is 130 Å². The van der Waals surface area contributed by atoms with E-state index in [4.69, 9.17) is 10.5 Å². The van der Waals surface area contributed by atoms with Crippen LogP contribution in [-0.4, -0.2) is 52.1 Å². The smallest absolute Gasteiger partial charge is 0.308 e. The molecule has 5 N–H and O–H groups in total. The van der Waals surface area contributed by atoms with Crippen molar-refractivity contribution >= 4 is 11.9 Å². The van der Waals surface area contributed by atoms with Crippen molar-refractivity contribution in [2.24, 2.45) is 41.2 Å². The number of aliphatic carboxylic acids is 1. The van der Waals surface area contributed by atoms with Crippen molar-refractivity contribution in [3.8, 4) is 0 Å². The van der Waals surface area contributed by atoms with Gasteiger partial charge >= 0.3 is 11.9 Å². The summed E-state index contributed by atoms with van der Waals surface area (Å²) in [6.07, 6.45) is 8.47.